The number of hydrogen-bond acceptors (Lipinski definition) is 4. The third-order valence-electron chi connectivity index (χ3n) is 3.73. The van der Waals surface area contributed by atoms with Gasteiger partial charge in [-0.05, 0) is 43.3 Å². The fraction of sp³-hybridized carbons (Fsp3) is 0.250. The third kappa shape index (κ3) is 5.44. The number of esters is 1. The number of carbonyl (C=O) groups excluding carboxylic acids is 3. The minimum absolute atomic E-state index is 0.0398. The second kappa shape index (κ2) is 9.36. The molecule has 2 aromatic rings. The summed E-state index contributed by atoms with van der Waals surface area (Å²) in [7, 11) is 1.71. The highest BCUT2D eigenvalue weighted by Crippen LogP contribution is 2.16. The maximum Gasteiger partial charge on any atom is 0.306 e. The summed E-state index contributed by atoms with van der Waals surface area (Å²) in [6.45, 7) is 2.02. The number of nitrogens with zero attached hydrogens (tertiary/aromatic N) is 1. The zero-order valence-electron chi connectivity index (χ0n) is 14.9. The van der Waals surface area contributed by atoms with Crippen molar-refractivity contribution in [2.75, 3.05) is 23.9 Å². The van der Waals surface area contributed by atoms with Gasteiger partial charge in [-0.3, -0.25) is 14.4 Å². The van der Waals surface area contributed by atoms with Gasteiger partial charge in [-0.15, -0.1) is 0 Å². The highest BCUT2D eigenvalue weighted by Gasteiger charge is 2.13. The Bertz CT molecular complexity index is 757. The van der Waals surface area contributed by atoms with E-state index in [1.165, 1.54) is 0 Å². The van der Waals surface area contributed by atoms with Crippen LogP contribution in [0.5, 0.6) is 0 Å². The van der Waals surface area contributed by atoms with Crippen molar-refractivity contribution in [2.24, 2.45) is 0 Å². The number of amides is 2. The van der Waals surface area contributed by atoms with Gasteiger partial charge in [-0.25, -0.2) is 0 Å². The predicted octanol–water partition coefficient (Wildman–Crippen LogP) is 3.25. The topological polar surface area (TPSA) is 75.7 Å². The molecule has 0 saturated carbocycles. The number of hydrogen-bond donors (Lipinski definition) is 1. The van der Waals surface area contributed by atoms with E-state index >= 15 is 0 Å². The van der Waals surface area contributed by atoms with Crippen LogP contribution in [0, 0.1) is 0 Å². The molecule has 0 radical (unpaired) electrons. The van der Waals surface area contributed by atoms with Crippen LogP contribution in [0.15, 0.2) is 54.6 Å². The fourth-order valence-electron chi connectivity index (χ4n) is 2.33. The Morgan fingerprint density at radius 1 is 0.962 bits per heavy atom. The lowest BCUT2D eigenvalue weighted by atomic mass is 10.1. The summed E-state index contributed by atoms with van der Waals surface area (Å²) in [5, 5.41) is 2.69. The summed E-state index contributed by atoms with van der Waals surface area (Å²) < 4.78 is 4.78. The first-order valence-electron chi connectivity index (χ1n) is 8.40. The Kier molecular flexibility index (Phi) is 6.91. The van der Waals surface area contributed by atoms with E-state index in [1.54, 1.807) is 43.1 Å². The van der Waals surface area contributed by atoms with E-state index in [-0.39, 0.29) is 24.7 Å². The van der Waals surface area contributed by atoms with Crippen molar-refractivity contribution in [3.8, 4) is 0 Å². The molecule has 2 rings (SSSR count). The number of ether oxygens (including phenoxy) is 1. The number of benzene rings is 2. The number of carbonyl (C=O) groups is 3. The van der Waals surface area contributed by atoms with Crippen LogP contribution in [0.1, 0.15) is 30.1 Å². The Labute approximate surface area is 152 Å². The van der Waals surface area contributed by atoms with Crippen molar-refractivity contribution in [1.29, 1.82) is 0 Å². The van der Waals surface area contributed by atoms with Gasteiger partial charge in [0.1, 0.15) is 0 Å². The predicted molar refractivity (Wildman–Crippen MR) is 100 cm³/mol. The molecule has 0 unspecified atom stereocenters. The Balaban J connectivity index is 1.92. The second-order valence-corrected chi connectivity index (χ2v) is 5.63. The van der Waals surface area contributed by atoms with Crippen LogP contribution in [-0.2, 0) is 14.3 Å². The maximum absolute atomic E-state index is 12.5. The highest BCUT2D eigenvalue weighted by molar-refractivity contribution is 6.06. The molecular formula is C20H22N2O4. The first kappa shape index (κ1) is 19.2. The normalized spacial score (nSPS) is 10.1. The Morgan fingerprint density at radius 2 is 1.62 bits per heavy atom. The van der Waals surface area contributed by atoms with E-state index in [0.717, 1.165) is 5.69 Å². The molecule has 2 amide bonds. The van der Waals surface area contributed by atoms with Crippen LogP contribution in [0.4, 0.5) is 11.4 Å². The lowest BCUT2D eigenvalue weighted by molar-refractivity contribution is -0.144. The zero-order valence-corrected chi connectivity index (χ0v) is 14.9. The molecule has 0 bridgehead atoms. The SMILES string of the molecule is CCOC(=O)CCC(=O)Nc1ccc(C(=O)N(C)c2ccccc2)cc1. The quantitative estimate of drug-likeness (QED) is 0.775. The molecule has 1 N–H and O–H groups in total. The van der Waals surface area contributed by atoms with E-state index in [1.807, 2.05) is 30.3 Å². The lowest BCUT2D eigenvalue weighted by Gasteiger charge is -2.17. The van der Waals surface area contributed by atoms with Crippen molar-refractivity contribution in [2.45, 2.75) is 19.8 Å². The molecule has 0 saturated heterocycles. The maximum atomic E-state index is 12.5. The van der Waals surface area contributed by atoms with Gasteiger partial charge in [0.2, 0.25) is 5.91 Å². The van der Waals surface area contributed by atoms with Gasteiger partial charge >= 0.3 is 5.97 Å². The lowest BCUT2D eigenvalue weighted by Crippen LogP contribution is -2.26. The van der Waals surface area contributed by atoms with Gasteiger partial charge in [0, 0.05) is 30.4 Å². The molecule has 0 spiro atoms. The van der Waals surface area contributed by atoms with Crippen molar-refractivity contribution >= 4 is 29.2 Å². The van der Waals surface area contributed by atoms with Crippen LogP contribution in [0.25, 0.3) is 0 Å². The molecule has 0 fully saturated rings. The van der Waals surface area contributed by atoms with Gasteiger partial charge in [0.15, 0.2) is 0 Å². The van der Waals surface area contributed by atoms with Crippen molar-refractivity contribution < 1.29 is 19.1 Å². The molecule has 26 heavy (non-hydrogen) atoms. The van der Waals surface area contributed by atoms with Crippen LogP contribution in [-0.4, -0.2) is 31.4 Å². The molecule has 0 aliphatic rings. The Morgan fingerprint density at radius 3 is 2.23 bits per heavy atom. The van der Waals surface area contributed by atoms with Crippen LogP contribution in [0.2, 0.25) is 0 Å². The minimum Gasteiger partial charge on any atom is -0.466 e. The van der Waals surface area contributed by atoms with Crippen molar-refractivity contribution in [3.63, 3.8) is 0 Å². The van der Waals surface area contributed by atoms with Crippen molar-refractivity contribution in [1.82, 2.24) is 0 Å². The second-order valence-electron chi connectivity index (χ2n) is 5.63. The summed E-state index contributed by atoms with van der Waals surface area (Å²) >= 11 is 0. The number of rotatable bonds is 7. The van der Waals surface area contributed by atoms with E-state index in [0.29, 0.717) is 17.9 Å². The molecule has 0 aliphatic carbocycles. The first-order valence-corrected chi connectivity index (χ1v) is 8.40. The molecule has 0 aliphatic heterocycles. The molecule has 6 nitrogen and oxygen atoms in total. The molecule has 0 aromatic heterocycles. The van der Waals surface area contributed by atoms with E-state index in [4.69, 9.17) is 4.74 Å². The Hall–Kier alpha value is -3.15. The van der Waals surface area contributed by atoms with Crippen LogP contribution < -0.4 is 10.2 Å². The van der Waals surface area contributed by atoms with Gasteiger partial charge < -0.3 is 15.0 Å². The molecular weight excluding hydrogens is 332 g/mol. The number of nitrogens with one attached hydrogen (secondary N) is 1. The number of para-hydroxylation sites is 1. The average molecular weight is 354 g/mol. The summed E-state index contributed by atoms with van der Waals surface area (Å²) in [5.74, 6) is -0.817. The highest BCUT2D eigenvalue weighted by atomic mass is 16.5. The smallest absolute Gasteiger partial charge is 0.306 e. The van der Waals surface area contributed by atoms with E-state index in [9.17, 15) is 14.4 Å². The zero-order chi connectivity index (χ0) is 18.9. The van der Waals surface area contributed by atoms with Crippen molar-refractivity contribution in [3.05, 3.63) is 60.2 Å². The average Bonchev–Trinajstić information content (AvgIpc) is 2.67. The fourth-order valence-corrected chi connectivity index (χ4v) is 2.33. The summed E-state index contributed by atoms with van der Waals surface area (Å²) in [6.07, 6.45) is 0.0916. The minimum atomic E-state index is -0.396. The summed E-state index contributed by atoms with van der Waals surface area (Å²) in [4.78, 5) is 37.2. The molecule has 136 valence electrons. The molecule has 0 heterocycles. The van der Waals surface area contributed by atoms with Gasteiger partial charge in [0.05, 0.1) is 13.0 Å². The standard InChI is InChI=1S/C20H22N2O4/c1-3-26-19(24)14-13-18(23)21-16-11-9-15(10-12-16)20(25)22(2)17-7-5-4-6-8-17/h4-12H,3,13-14H2,1-2H3,(H,21,23). The summed E-state index contributed by atoms with van der Waals surface area (Å²) in [5.41, 5.74) is 1.88. The molecule has 0 atom stereocenters. The summed E-state index contributed by atoms with van der Waals surface area (Å²) in [6, 6.07) is 16.0. The monoisotopic (exact) mass is 354 g/mol. The molecule has 2 aromatic carbocycles. The molecule has 6 heteroatoms. The van der Waals surface area contributed by atoms with Crippen LogP contribution in [0.3, 0.4) is 0 Å². The third-order valence-corrected chi connectivity index (χ3v) is 3.73. The first-order chi connectivity index (χ1) is 12.5. The van der Waals surface area contributed by atoms with Crippen LogP contribution >= 0.6 is 0 Å². The van der Waals surface area contributed by atoms with Gasteiger partial charge in [0.25, 0.3) is 5.91 Å². The van der Waals surface area contributed by atoms with Gasteiger partial charge in [-0.2, -0.15) is 0 Å². The van der Waals surface area contributed by atoms with E-state index in [2.05, 4.69) is 5.32 Å². The van der Waals surface area contributed by atoms with E-state index < -0.39 is 5.97 Å². The number of anilines is 2. The largest absolute Gasteiger partial charge is 0.466 e. The van der Waals surface area contributed by atoms with Gasteiger partial charge in [-0.1, -0.05) is 18.2 Å².